The monoisotopic (exact) mass is 278 g/mol. The van der Waals surface area contributed by atoms with E-state index in [1.165, 1.54) is 0 Å². The number of hydrogen-bond donors (Lipinski definition) is 3. The summed E-state index contributed by atoms with van der Waals surface area (Å²) in [7, 11) is 0. The van der Waals surface area contributed by atoms with Crippen LogP contribution in [0.3, 0.4) is 0 Å². The van der Waals surface area contributed by atoms with Crippen LogP contribution in [-0.2, 0) is 4.79 Å². The molecule has 0 aliphatic rings. The van der Waals surface area contributed by atoms with Gasteiger partial charge in [-0.2, -0.15) is 0 Å². The topological polar surface area (TPSA) is 92.4 Å². The Morgan fingerprint density at radius 1 is 1.25 bits per heavy atom. The van der Waals surface area contributed by atoms with Crippen molar-refractivity contribution in [2.45, 2.75) is 27.2 Å². The third-order valence-corrected chi connectivity index (χ3v) is 2.89. The SMILES string of the molecule is CC(C)(C)CC(CNC(=O)c1ccc(N)cc1)C(=O)O. The number of carboxylic acid groups (broad SMARTS) is 1. The second-order valence-electron chi connectivity index (χ2n) is 6.13. The fourth-order valence-electron chi connectivity index (χ4n) is 1.94. The third-order valence-electron chi connectivity index (χ3n) is 2.89. The molecule has 0 aromatic heterocycles. The normalized spacial score (nSPS) is 12.8. The molecule has 0 bridgehead atoms. The van der Waals surface area contributed by atoms with Gasteiger partial charge in [0.2, 0.25) is 0 Å². The summed E-state index contributed by atoms with van der Waals surface area (Å²) >= 11 is 0. The fraction of sp³-hybridized carbons (Fsp3) is 0.467. The second-order valence-corrected chi connectivity index (χ2v) is 6.13. The Morgan fingerprint density at radius 3 is 2.25 bits per heavy atom. The summed E-state index contributed by atoms with van der Waals surface area (Å²) in [6, 6.07) is 6.51. The summed E-state index contributed by atoms with van der Waals surface area (Å²) in [4.78, 5) is 23.1. The van der Waals surface area contributed by atoms with Crippen LogP contribution in [0.25, 0.3) is 0 Å². The highest BCUT2D eigenvalue weighted by Crippen LogP contribution is 2.24. The predicted molar refractivity (Wildman–Crippen MR) is 78.4 cm³/mol. The van der Waals surface area contributed by atoms with Crippen LogP contribution < -0.4 is 11.1 Å². The first-order valence-electron chi connectivity index (χ1n) is 6.55. The lowest BCUT2D eigenvalue weighted by Crippen LogP contribution is -2.35. The molecule has 5 heteroatoms. The zero-order valence-electron chi connectivity index (χ0n) is 12.1. The van der Waals surface area contributed by atoms with Crippen LogP contribution in [0, 0.1) is 11.3 Å². The standard InChI is InChI=1S/C15H22N2O3/c1-15(2,3)8-11(14(19)20)9-17-13(18)10-4-6-12(16)7-5-10/h4-7,11H,8-9,16H2,1-3H3,(H,17,18)(H,19,20). The van der Waals surface area contributed by atoms with Crippen LogP contribution in [0.15, 0.2) is 24.3 Å². The summed E-state index contributed by atoms with van der Waals surface area (Å²) in [6.07, 6.45) is 0.504. The van der Waals surface area contributed by atoms with E-state index in [0.717, 1.165) is 0 Å². The highest BCUT2D eigenvalue weighted by Gasteiger charge is 2.25. The minimum Gasteiger partial charge on any atom is -0.481 e. The maximum Gasteiger partial charge on any atom is 0.308 e. The van der Waals surface area contributed by atoms with Crippen LogP contribution in [0.4, 0.5) is 5.69 Å². The number of aliphatic carboxylic acids is 1. The van der Waals surface area contributed by atoms with Gasteiger partial charge in [0.25, 0.3) is 5.91 Å². The number of nitrogens with one attached hydrogen (secondary N) is 1. The molecule has 0 aliphatic heterocycles. The van der Waals surface area contributed by atoms with Crippen LogP contribution >= 0.6 is 0 Å². The van der Waals surface area contributed by atoms with Gasteiger partial charge in [-0.1, -0.05) is 20.8 Å². The zero-order chi connectivity index (χ0) is 15.3. The van der Waals surface area contributed by atoms with Crippen molar-refractivity contribution in [1.82, 2.24) is 5.32 Å². The molecule has 1 rings (SSSR count). The molecule has 0 aliphatic carbocycles. The maximum absolute atomic E-state index is 11.9. The maximum atomic E-state index is 11.9. The summed E-state index contributed by atoms with van der Waals surface area (Å²) < 4.78 is 0. The number of nitrogen functional groups attached to an aromatic ring is 1. The van der Waals surface area contributed by atoms with Crippen LogP contribution in [-0.4, -0.2) is 23.5 Å². The fourth-order valence-corrected chi connectivity index (χ4v) is 1.94. The third kappa shape index (κ3) is 5.30. The first-order chi connectivity index (χ1) is 9.19. The average Bonchev–Trinajstić information content (AvgIpc) is 2.33. The number of carboxylic acids is 1. The molecule has 0 radical (unpaired) electrons. The summed E-state index contributed by atoms with van der Waals surface area (Å²) in [6.45, 7) is 6.05. The largest absolute Gasteiger partial charge is 0.481 e. The van der Waals surface area contributed by atoms with E-state index < -0.39 is 11.9 Å². The van der Waals surface area contributed by atoms with Crippen LogP contribution in [0.5, 0.6) is 0 Å². The molecule has 1 aromatic rings. The van der Waals surface area contributed by atoms with Crippen molar-refractivity contribution in [3.63, 3.8) is 0 Å². The van der Waals surface area contributed by atoms with E-state index in [2.05, 4.69) is 5.32 Å². The Bertz CT molecular complexity index is 475. The number of anilines is 1. The quantitative estimate of drug-likeness (QED) is 0.719. The van der Waals surface area contributed by atoms with Crippen LogP contribution in [0.1, 0.15) is 37.6 Å². The lowest BCUT2D eigenvalue weighted by atomic mass is 9.84. The van der Waals surface area contributed by atoms with E-state index in [1.807, 2.05) is 20.8 Å². The molecular weight excluding hydrogens is 256 g/mol. The van der Waals surface area contributed by atoms with Crippen molar-refractivity contribution < 1.29 is 14.7 Å². The zero-order valence-corrected chi connectivity index (χ0v) is 12.1. The number of hydrogen-bond acceptors (Lipinski definition) is 3. The lowest BCUT2D eigenvalue weighted by molar-refractivity contribution is -0.142. The number of benzene rings is 1. The molecular formula is C15H22N2O3. The van der Waals surface area contributed by atoms with Crippen LogP contribution in [0.2, 0.25) is 0 Å². The number of nitrogens with two attached hydrogens (primary N) is 1. The first kappa shape index (κ1) is 16.0. The molecule has 0 saturated heterocycles. The van der Waals surface area contributed by atoms with Gasteiger partial charge in [0.15, 0.2) is 0 Å². The minimum atomic E-state index is -0.891. The summed E-state index contributed by atoms with van der Waals surface area (Å²) in [5, 5.41) is 11.9. The summed E-state index contributed by atoms with van der Waals surface area (Å²) in [5.41, 5.74) is 6.50. The minimum absolute atomic E-state index is 0.102. The first-order valence-corrected chi connectivity index (χ1v) is 6.55. The average molecular weight is 278 g/mol. The molecule has 1 aromatic carbocycles. The van der Waals surface area contributed by atoms with Crippen molar-refractivity contribution in [3.8, 4) is 0 Å². The molecule has 4 N–H and O–H groups in total. The van der Waals surface area contributed by atoms with Crippen molar-refractivity contribution >= 4 is 17.6 Å². The van der Waals surface area contributed by atoms with E-state index in [1.54, 1.807) is 24.3 Å². The molecule has 110 valence electrons. The predicted octanol–water partition coefficient (Wildman–Crippen LogP) is 2.14. The Labute approximate surface area is 119 Å². The Morgan fingerprint density at radius 2 is 1.80 bits per heavy atom. The highest BCUT2D eigenvalue weighted by molar-refractivity contribution is 5.94. The van der Waals surface area contributed by atoms with E-state index in [0.29, 0.717) is 17.7 Å². The molecule has 5 nitrogen and oxygen atoms in total. The lowest BCUT2D eigenvalue weighted by Gasteiger charge is -2.23. The second kappa shape index (κ2) is 6.41. The van der Waals surface area contributed by atoms with Crippen molar-refractivity contribution in [2.24, 2.45) is 11.3 Å². The molecule has 20 heavy (non-hydrogen) atoms. The van der Waals surface area contributed by atoms with Gasteiger partial charge < -0.3 is 16.2 Å². The van der Waals surface area contributed by atoms with Gasteiger partial charge in [0.1, 0.15) is 0 Å². The smallest absolute Gasteiger partial charge is 0.308 e. The van der Waals surface area contributed by atoms with Gasteiger partial charge in [-0.15, -0.1) is 0 Å². The molecule has 1 atom stereocenters. The molecule has 0 saturated carbocycles. The molecule has 0 fully saturated rings. The number of rotatable bonds is 5. The molecule has 1 unspecified atom stereocenters. The van der Waals surface area contributed by atoms with Crippen molar-refractivity contribution in [2.75, 3.05) is 12.3 Å². The van der Waals surface area contributed by atoms with E-state index >= 15 is 0 Å². The van der Waals surface area contributed by atoms with Gasteiger partial charge in [0.05, 0.1) is 5.92 Å². The van der Waals surface area contributed by atoms with E-state index in [4.69, 9.17) is 5.73 Å². The number of carbonyl (C=O) groups is 2. The molecule has 0 heterocycles. The van der Waals surface area contributed by atoms with E-state index in [9.17, 15) is 14.7 Å². The van der Waals surface area contributed by atoms with E-state index in [-0.39, 0.29) is 17.9 Å². The molecule has 0 spiro atoms. The summed E-state index contributed by atoms with van der Waals surface area (Å²) in [5.74, 6) is -1.77. The Balaban J connectivity index is 2.61. The number of carbonyl (C=O) groups excluding carboxylic acids is 1. The van der Waals surface area contributed by atoms with Gasteiger partial charge in [-0.25, -0.2) is 0 Å². The van der Waals surface area contributed by atoms with Gasteiger partial charge in [-0.3, -0.25) is 9.59 Å². The Kier molecular flexibility index (Phi) is 5.13. The highest BCUT2D eigenvalue weighted by atomic mass is 16.4. The Hall–Kier alpha value is -2.04. The van der Waals surface area contributed by atoms with Gasteiger partial charge in [0, 0.05) is 17.8 Å². The van der Waals surface area contributed by atoms with Gasteiger partial charge in [-0.05, 0) is 36.1 Å². The van der Waals surface area contributed by atoms with Gasteiger partial charge >= 0.3 is 5.97 Å². The van der Waals surface area contributed by atoms with Crippen molar-refractivity contribution in [1.29, 1.82) is 0 Å². The number of amides is 1. The van der Waals surface area contributed by atoms with Crippen molar-refractivity contribution in [3.05, 3.63) is 29.8 Å². The molecule has 1 amide bonds.